The molecule has 0 radical (unpaired) electrons. The number of benzene rings is 1. The maximum atomic E-state index is 12.9. The van der Waals surface area contributed by atoms with Crippen molar-refractivity contribution in [3.8, 4) is 17.0 Å². The number of likely N-dealkylation sites (tertiary alicyclic amines) is 1. The molecule has 3 atom stereocenters. The van der Waals surface area contributed by atoms with Crippen molar-refractivity contribution in [2.75, 3.05) is 30.2 Å². The minimum absolute atomic E-state index is 0.0495. The SMILES string of the molecule is CC1CC12C(=O)Nc1cnc3ccc(-c4cnc(OCCC5CCCN5C)c(NS(=O)(=O)C5CC5)c4)cc3c12. The number of hydrogen-bond donors (Lipinski definition) is 2. The van der Waals surface area contributed by atoms with Gasteiger partial charge < -0.3 is 15.0 Å². The van der Waals surface area contributed by atoms with E-state index in [1.54, 1.807) is 18.5 Å². The number of hydrogen-bond acceptors (Lipinski definition) is 7. The minimum atomic E-state index is -3.51. The summed E-state index contributed by atoms with van der Waals surface area (Å²) in [6.07, 6.45) is 8.84. The molecule has 4 aliphatic rings. The zero-order valence-corrected chi connectivity index (χ0v) is 23.1. The summed E-state index contributed by atoms with van der Waals surface area (Å²) in [4.78, 5) is 24.3. The Morgan fingerprint density at radius 3 is 2.69 bits per heavy atom. The molecule has 2 saturated carbocycles. The van der Waals surface area contributed by atoms with Gasteiger partial charge >= 0.3 is 0 Å². The second kappa shape index (κ2) is 8.89. The lowest BCUT2D eigenvalue weighted by Gasteiger charge is -2.20. The van der Waals surface area contributed by atoms with E-state index in [0.29, 0.717) is 37.1 Å². The summed E-state index contributed by atoms with van der Waals surface area (Å²) in [5, 5.41) is 3.60. The quantitative estimate of drug-likeness (QED) is 0.432. The number of nitrogens with one attached hydrogen (secondary N) is 2. The summed E-state index contributed by atoms with van der Waals surface area (Å²) in [5.41, 5.74) is 4.14. The molecule has 7 rings (SSSR count). The number of carbonyl (C=O) groups is 1. The van der Waals surface area contributed by atoms with E-state index in [4.69, 9.17) is 4.74 Å². The Hall–Kier alpha value is -3.24. The Balaban J connectivity index is 1.23. The van der Waals surface area contributed by atoms with Gasteiger partial charge in [0.2, 0.25) is 21.8 Å². The van der Waals surface area contributed by atoms with Crippen molar-refractivity contribution in [2.45, 2.75) is 62.2 Å². The summed E-state index contributed by atoms with van der Waals surface area (Å²) < 4.78 is 34.6. The molecular formula is C29H33N5O4S. The van der Waals surface area contributed by atoms with Crippen LogP contribution in [0.3, 0.4) is 0 Å². The first-order valence-electron chi connectivity index (χ1n) is 13.9. The van der Waals surface area contributed by atoms with E-state index >= 15 is 0 Å². The van der Waals surface area contributed by atoms with Crippen LogP contribution in [0.25, 0.3) is 22.0 Å². The number of anilines is 2. The van der Waals surface area contributed by atoms with Crippen LogP contribution in [0, 0.1) is 5.92 Å². The van der Waals surface area contributed by atoms with E-state index in [-0.39, 0.29) is 17.1 Å². The first-order chi connectivity index (χ1) is 18.8. The molecule has 10 heteroatoms. The van der Waals surface area contributed by atoms with Crippen LogP contribution in [0.5, 0.6) is 5.88 Å². The number of rotatable bonds is 8. The fourth-order valence-corrected chi connectivity index (χ4v) is 7.81. The lowest BCUT2D eigenvalue weighted by atomic mass is 9.91. The number of carbonyl (C=O) groups excluding carboxylic acids is 1. The van der Waals surface area contributed by atoms with Gasteiger partial charge in [0.05, 0.1) is 34.7 Å². The molecule has 2 aliphatic carbocycles. The lowest BCUT2D eigenvalue weighted by molar-refractivity contribution is -0.118. The van der Waals surface area contributed by atoms with E-state index in [9.17, 15) is 13.2 Å². The number of fused-ring (bicyclic) bond motifs is 4. The first-order valence-corrected chi connectivity index (χ1v) is 15.4. The van der Waals surface area contributed by atoms with Crippen LogP contribution in [0.1, 0.15) is 51.0 Å². The molecule has 2 N–H and O–H groups in total. The Bertz CT molecular complexity index is 1600. The maximum absolute atomic E-state index is 12.9. The first kappa shape index (κ1) is 24.8. The van der Waals surface area contributed by atoms with Gasteiger partial charge in [-0.1, -0.05) is 13.0 Å². The van der Waals surface area contributed by atoms with Gasteiger partial charge in [0.25, 0.3) is 0 Å². The Kier molecular flexibility index (Phi) is 5.65. The zero-order chi connectivity index (χ0) is 26.9. The fraction of sp³-hybridized carbons (Fsp3) is 0.483. The van der Waals surface area contributed by atoms with Crippen molar-refractivity contribution in [2.24, 2.45) is 5.92 Å². The predicted molar refractivity (Wildman–Crippen MR) is 150 cm³/mol. The monoisotopic (exact) mass is 547 g/mol. The summed E-state index contributed by atoms with van der Waals surface area (Å²) in [5.74, 6) is 0.625. The van der Waals surface area contributed by atoms with Gasteiger partial charge in [-0.25, -0.2) is 13.4 Å². The minimum Gasteiger partial charge on any atom is -0.476 e. The van der Waals surface area contributed by atoms with Crippen LogP contribution in [0.4, 0.5) is 11.4 Å². The third-order valence-electron chi connectivity index (χ3n) is 9.04. The molecule has 1 amide bonds. The number of aromatic nitrogens is 2. The maximum Gasteiger partial charge on any atom is 0.238 e. The van der Waals surface area contributed by atoms with Crippen molar-refractivity contribution in [3.63, 3.8) is 0 Å². The number of nitrogens with zero attached hydrogens (tertiary/aromatic N) is 3. The van der Waals surface area contributed by atoms with Gasteiger partial charge in [0, 0.05) is 28.8 Å². The van der Waals surface area contributed by atoms with Gasteiger partial charge in [-0.15, -0.1) is 0 Å². The largest absolute Gasteiger partial charge is 0.476 e. The molecule has 2 aliphatic heterocycles. The molecule has 3 aromatic rings. The number of amides is 1. The molecule has 2 aromatic heterocycles. The van der Waals surface area contributed by atoms with Crippen LogP contribution in [0.2, 0.25) is 0 Å². The average Bonchev–Trinajstić information content (AvgIpc) is 3.81. The normalized spacial score (nSPS) is 26.2. The molecule has 1 aromatic carbocycles. The molecule has 204 valence electrons. The highest BCUT2D eigenvalue weighted by atomic mass is 32.2. The Morgan fingerprint density at radius 1 is 1.15 bits per heavy atom. The van der Waals surface area contributed by atoms with E-state index in [1.807, 2.05) is 18.2 Å². The van der Waals surface area contributed by atoms with Crippen LogP contribution in [-0.4, -0.2) is 60.7 Å². The van der Waals surface area contributed by atoms with Gasteiger partial charge in [0.15, 0.2) is 0 Å². The average molecular weight is 548 g/mol. The molecule has 3 unspecified atom stereocenters. The fourth-order valence-electron chi connectivity index (χ4n) is 6.43. The summed E-state index contributed by atoms with van der Waals surface area (Å²) in [7, 11) is -1.38. The summed E-state index contributed by atoms with van der Waals surface area (Å²) in [6.45, 7) is 3.67. The van der Waals surface area contributed by atoms with Crippen molar-refractivity contribution < 1.29 is 17.9 Å². The predicted octanol–water partition coefficient (Wildman–Crippen LogP) is 4.29. The molecule has 4 heterocycles. The van der Waals surface area contributed by atoms with Gasteiger partial charge in [-0.2, -0.15) is 0 Å². The standard InChI is InChI=1S/C29H33N5O4S/c1-17-14-29(17)26-22-12-18(5-8-23(22)30-16-25(26)32-28(29)35)19-13-24(33-39(36,37)21-6-7-21)27(31-15-19)38-11-9-20-4-3-10-34(20)2/h5,8,12-13,15-17,20-21,33H,3-4,6-7,9-11,14H2,1-2H3,(H,32,35). The van der Waals surface area contributed by atoms with E-state index < -0.39 is 15.4 Å². The van der Waals surface area contributed by atoms with Crippen molar-refractivity contribution in [3.05, 3.63) is 42.2 Å². The molecule has 3 fully saturated rings. The highest BCUT2D eigenvalue weighted by molar-refractivity contribution is 7.93. The number of ether oxygens (including phenoxy) is 1. The van der Waals surface area contributed by atoms with E-state index in [2.05, 4.69) is 38.9 Å². The lowest BCUT2D eigenvalue weighted by Crippen LogP contribution is -2.26. The van der Waals surface area contributed by atoms with Crippen molar-refractivity contribution >= 4 is 38.2 Å². The highest BCUT2D eigenvalue weighted by Gasteiger charge is 2.63. The Morgan fingerprint density at radius 2 is 1.97 bits per heavy atom. The van der Waals surface area contributed by atoms with Crippen molar-refractivity contribution in [1.82, 2.24) is 14.9 Å². The molecule has 1 saturated heterocycles. The molecule has 0 bridgehead atoms. The topological polar surface area (TPSA) is 114 Å². The summed E-state index contributed by atoms with van der Waals surface area (Å²) in [6, 6.07) is 8.23. The zero-order valence-electron chi connectivity index (χ0n) is 22.2. The molecular weight excluding hydrogens is 514 g/mol. The van der Waals surface area contributed by atoms with E-state index in [1.165, 1.54) is 6.42 Å². The molecule has 1 spiro atoms. The van der Waals surface area contributed by atoms with Gasteiger partial charge in [-0.3, -0.25) is 14.5 Å². The van der Waals surface area contributed by atoms with E-state index in [0.717, 1.165) is 59.1 Å². The van der Waals surface area contributed by atoms with Crippen LogP contribution >= 0.6 is 0 Å². The third kappa shape index (κ3) is 4.15. The van der Waals surface area contributed by atoms with Crippen LogP contribution in [-0.2, 0) is 20.2 Å². The highest BCUT2D eigenvalue weighted by Crippen LogP contribution is 2.61. The second-order valence-corrected chi connectivity index (χ2v) is 13.6. The molecule has 9 nitrogen and oxygen atoms in total. The number of pyridine rings is 2. The third-order valence-corrected chi connectivity index (χ3v) is 10.9. The number of sulfonamides is 1. The van der Waals surface area contributed by atoms with Gasteiger partial charge in [-0.05, 0) is 81.8 Å². The van der Waals surface area contributed by atoms with Crippen LogP contribution < -0.4 is 14.8 Å². The van der Waals surface area contributed by atoms with Crippen molar-refractivity contribution in [1.29, 1.82) is 0 Å². The molecule has 39 heavy (non-hydrogen) atoms. The second-order valence-electron chi connectivity index (χ2n) is 11.6. The van der Waals surface area contributed by atoms with Crippen LogP contribution in [0.15, 0.2) is 36.7 Å². The smallest absolute Gasteiger partial charge is 0.238 e. The summed E-state index contributed by atoms with van der Waals surface area (Å²) >= 11 is 0. The van der Waals surface area contributed by atoms with Gasteiger partial charge in [0.1, 0.15) is 5.69 Å². The Labute approximate surface area is 228 Å².